The molecule has 0 saturated heterocycles. The van der Waals surface area contributed by atoms with Crippen molar-refractivity contribution in [2.45, 2.75) is 38.8 Å². The third-order valence-corrected chi connectivity index (χ3v) is 3.32. The molecule has 0 heterocycles. The van der Waals surface area contributed by atoms with Gasteiger partial charge in [0, 0.05) is 0 Å². The van der Waals surface area contributed by atoms with Crippen molar-refractivity contribution < 1.29 is 26.2 Å². The molecule has 1 aromatic carbocycles. The molecule has 1 rings (SSSR count). The van der Waals surface area contributed by atoms with E-state index in [-0.39, 0.29) is 6.42 Å². The van der Waals surface area contributed by atoms with Gasteiger partial charge in [-0.25, -0.2) is 9.18 Å². The fourth-order valence-corrected chi connectivity index (χ4v) is 2.45. The van der Waals surface area contributed by atoms with Gasteiger partial charge in [-0.05, 0) is 44.9 Å². The van der Waals surface area contributed by atoms with Gasteiger partial charge in [-0.3, -0.25) is 0 Å². The number of alkyl carbamates (subject to hydrolysis) is 1. The molecule has 1 amide bonds. The maximum atomic E-state index is 12.9. The van der Waals surface area contributed by atoms with E-state index in [4.69, 9.17) is 4.74 Å². The van der Waals surface area contributed by atoms with E-state index in [1.54, 1.807) is 20.8 Å². The second-order valence-corrected chi connectivity index (χ2v) is 7.29. The van der Waals surface area contributed by atoms with Gasteiger partial charge >= 0.3 is 16.3 Å². The van der Waals surface area contributed by atoms with Gasteiger partial charge < -0.3 is 10.1 Å². The third kappa shape index (κ3) is 7.92. The Morgan fingerprint density at radius 2 is 1.82 bits per heavy atom. The fraction of sp³-hybridized carbons (Fsp3) is 0.500. The molecule has 1 unspecified atom stereocenters. The average Bonchev–Trinajstić information content (AvgIpc) is 2.27. The van der Waals surface area contributed by atoms with Crippen LogP contribution in [-0.2, 0) is 21.4 Å². The summed E-state index contributed by atoms with van der Waals surface area (Å²) in [4.78, 5) is 11.7. The Morgan fingerprint density at radius 1 is 1.27 bits per heavy atom. The molecule has 1 N–H and O–H groups in total. The van der Waals surface area contributed by atoms with Crippen molar-refractivity contribution >= 4 is 16.3 Å². The van der Waals surface area contributed by atoms with E-state index in [2.05, 4.69) is 5.32 Å². The molecule has 0 fully saturated rings. The number of benzene rings is 1. The summed E-state index contributed by atoms with van der Waals surface area (Å²) >= 11 is 0. The zero-order valence-electron chi connectivity index (χ0n) is 12.6. The van der Waals surface area contributed by atoms with Crippen LogP contribution in [0.5, 0.6) is 0 Å². The molecule has 0 spiro atoms. The number of ether oxygens (including phenoxy) is 1. The first-order chi connectivity index (χ1) is 9.94. The Bertz CT molecular complexity index is 609. The molecular weight excluding hydrogens is 316 g/mol. The van der Waals surface area contributed by atoms with Crippen molar-refractivity contribution in [3.63, 3.8) is 0 Å². The van der Waals surface area contributed by atoms with E-state index in [1.165, 1.54) is 24.3 Å². The molecule has 8 heteroatoms. The van der Waals surface area contributed by atoms with Crippen LogP contribution in [-0.4, -0.2) is 31.9 Å². The van der Waals surface area contributed by atoms with Gasteiger partial charge in [-0.2, -0.15) is 8.42 Å². The summed E-state index contributed by atoms with van der Waals surface area (Å²) in [5, 5.41) is 2.32. The lowest BCUT2D eigenvalue weighted by atomic mass is 10.1. The highest BCUT2D eigenvalue weighted by Crippen LogP contribution is 2.11. The predicted molar refractivity (Wildman–Crippen MR) is 78.2 cm³/mol. The fourth-order valence-electron chi connectivity index (χ4n) is 1.77. The van der Waals surface area contributed by atoms with Crippen molar-refractivity contribution in [3.8, 4) is 0 Å². The average molecular weight is 335 g/mol. The maximum Gasteiger partial charge on any atom is 0.407 e. The minimum absolute atomic E-state index is 0.0304. The maximum absolute atomic E-state index is 12.9. The van der Waals surface area contributed by atoms with Gasteiger partial charge in [0.2, 0.25) is 0 Å². The number of rotatable bonds is 5. The molecule has 0 aliphatic heterocycles. The van der Waals surface area contributed by atoms with E-state index in [0.29, 0.717) is 5.56 Å². The molecule has 1 aromatic rings. The second kappa shape index (κ2) is 7.04. The molecule has 0 bridgehead atoms. The van der Waals surface area contributed by atoms with E-state index in [1.807, 2.05) is 0 Å². The van der Waals surface area contributed by atoms with Crippen LogP contribution in [0, 0.1) is 5.82 Å². The number of carbonyl (C=O) groups excluding carboxylic acids is 1. The van der Waals surface area contributed by atoms with Crippen LogP contribution in [0.2, 0.25) is 0 Å². The summed E-state index contributed by atoms with van der Waals surface area (Å²) in [5.74, 6) is -1.33. The van der Waals surface area contributed by atoms with E-state index < -0.39 is 39.5 Å². The molecule has 0 aromatic heterocycles. The summed E-state index contributed by atoms with van der Waals surface area (Å²) in [5.41, 5.74) is -0.204. The zero-order chi connectivity index (χ0) is 17.0. The predicted octanol–water partition coefficient (Wildman–Crippen LogP) is 2.56. The molecule has 22 heavy (non-hydrogen) atoms. The van der Waals surface area contributed by atoms with Crippen LogP contribution in [0.25, 0.3) is 0 Å². The van der Waals surface area contributed by atoms with Crippen LogP contribution < -0.4 is 5.32 Å². The number of halogens is 2. The lowest BCUT2D eigenvalue weighted by Crippen LogP contribution is -2.43. The highest BCUT2D eigenvalue weighted by atomic mass is 32.3. The van der Waals surface area contributed by atoms with Crippen molar-refractivity contribution in [2.24, 2.45) is 0 Å². The van der Waals surface area contributed by atoms with Crippen LogP contribution in [0.3, 0.4) is 0 Å². The number of amides is 1. The molecule has 0 radical (unpaired) electrons. The first-order valence-electron chi connectivity index (χ1n) is 6.61. The first-order valence-corrected chi connectivity index (χ1v) is 8.16. The minimum atomic E-state index is -4.79. The first kappa shape index (κ1) is 18.3. The number of carbonyl (C=O) groups is 1. The van der Waals surface area contributed by atoms with Crippen LogP contribution in [0.4, 0.5) is 13.1 Å². The van der Waals surface area contributed by atoms with Crippen molar-refractivity contribution in [2.75, 3.05) is 5.75 Å². The summed E-state index contributed by atoms with van der Waals surface area (Å²) in [7, 11) is -4.79. The number of hydrogen-bond donors (Lipinski definition) is 1. The van der Waals surface area contributed by atoms with Crippen molar-refractivity contribution in [3.05, 3.63) is 35.6 Å². The Labute approximate surface area is 128 Å². The standard InChI is InChI=1S/C14H19F2NO4S/c1-14(2,3)21-13(18)17-12(9-22(16,19)20)8-10-4-6-11(15)7-5-10/h4-7,12H,8-9H2,1-3H3,(H,17,18). The third-order valence-electron chi connectivity index (χ3n) is 2.52. The smallest absolute Gasteiger partial charge is 0.407 e. The largest absolute Gasteiger partial charge is 0.444 e. The Balaban J connectivity index is 2.80. The minimum Gasteiger partial charge on any atom is -0.444 e. The summed E-state index contributed by atoms with van der Waals surface area (Å²) < 4.78 is 52.4. The zero-order valence-corrected chi connectivity index (χ0v) is 13.4. The van der Waals surface area contributed by atoms with Crippen LogP contribution in [0.15, 0.2) is 24.3 Å². The van der Waals surface area contributed by atoms with Gasteiger partial charge in [0.25, 0.3) is 0 Å². The van der Waals surface area contributed by atoms with E-state index in [0.717, 1.165) is 0 Å². The second-order valence-electron chi connectivity index (χ2n) is 5.88. The van der Waals surface area contributed by atoms with E-state index in [9.17, 15) is 21.5 Å². The van der Waals surface area contributed by atoms with Crippen LogP contribution in [0.1, 0.15) is 26.3 Å². The summed E-state index contributed by atoms with van der Waals surface area (Å²) in [6.45, 7) is 4.94. The van der Waals surface area contributed by atoms with Gasteiger partial charge in [-0.15, -0.1) is 3.89 Å². The summed E-state index contributed by atoms with van der Waals surface area (Å²) in [6, 6.07) is 4.25. The quantitative estimate of drug-likeness (QED) is 0.840. The molecule has 0 aliphatic rings. The van der Waals surface area contributed by atoms with Gasteiger partial charge in [0.1, 0.15) is 17.2 Å². The monoisotopic (exact) mass is 335 g/mol. The van der Waals surface area contributed by atoms with Crippen molar-refractivity contribution in [1.29, 1.82) is 0 Å². The Hall–Kier alpha value is -1.70. The highest BCUT2D eigenvalue weighted by Gasteiger charge is 2.24. The Kier molecular flexibility index (Phi) is 5.87. The van der Waals surface area contributed by atoms with Gasteiger partial charge in [0.15, 0.2) is 0 Å². The molecule has 1 atom stereocenters. The summed E-state index contributed by atoms with van der Waals surface area (Å²) in [6.07, 6.45) is -0.814. The molecule has 0 saturated carbocycles. The highest BCUT2D eigenvalue weighted by molar-refractivity contribution is 7.86. The molecule has 0 aliphatic carbocycles. The molecule has 5 nitrogen and oxygen atoms in total. The van der Waals surface area contributed by atoms with Gasteiger partial charge in [0.05, 0.1) is 6.04 Å². The molecule has 124 valence electrons. The van der Waals surface area contributed by atoms with Crippen molar-refractivity contribution in [1.82, 2.24) is 5.32 Å². The van der Waals surface area contributed by atoms with E-state index >= 15 is 0 Å². The SMILES string of the molecule is CC(C)(C)OC(=O)NC(Cc1ccc(F)cc1)CS(=O)(=O)F. The number of hydrogen-bond acceptors (Lipinski definition) is 4. The normalized spacial score (nSPS) is 13.5. The lowest BCUT2D eigenvalue weighted by molar-refractivity contribution is 0.0509. The number of nitrogens with one attached hydrogen (secondary N) is 1. The lowest BCUT2D eigenvalue weighted by Gasteiger charge is -2.23. The topological polar surface area (TPSA) is 72.5 Å². The van der Waals surface area contributed by atoms with Gasteiger partial charge in [-0.1, -0.05) is 12.1 Å². The van der Waals surface area contributed by atoms with Crippen LogP contribution >= 0.6 is 0 Å². The Morgan fingerprint density at radius 3 is 2.27 bits per heavy atom. The molecular formula is C14H19F2NO4S.